The molecule has 1 N–H and O–H groups in total. The van der Waals surface area contributed by atoms with E-state index in [4.69, 9.17) is 14.8 Å². The molecule has 24 heavy (non-hydrogen) atoms. The molecule has 0 radical (unpaired) electrons. The third kappa shape index (κ3) is 4.08. The Bertz CT molecular complexity index is 660. The summed E-state index contributed by atoms with van der Waals surface area (Å²) in [5, 5.41) is 3.78. The normalized spacial score (nSPS) is 16.2. The Labute approximate surface area is 144 Å². The zero-order valence-corrected chi connectivity index (χ0v) is 15.0. The molecule has 0 bridgehead atoms. The molecular formula is C19H29N3O2. The summed E-state index contributed by atoms with van der Waals surface area (Å²) in [7, 11) is 1.53. The van der Waals surface area contributed by atoms with Crippen LogP contribution in [0.2, 0.25) is 0 Å². The van der Waals surface area contributed by atoms with Crippen LogP contribution < -0.4 is 5.32 Å². The number of hydrogen-bond donors (Lipinski definition) is 1. The average Bonchev–Trinajstić information content (AvgIpc) is 2.90. The first-order valence-corrected chi connectivity index (χ1v) is 9.09. The van der Waals surface area contributed by atoms with Gasteiger partial charge in [0.05, 0.1) is 12.8 Å². The van der Waals surface area contributed by atoms with E-state index in [1.807, 2.05) is 0 Å². The predicted octanol–water partition coefficient (Wildman–Crippen LogP) is 4.36. The van der Waals surface area contributed by atoms with E-state index in [0.29, 0.717) is 18.6 Å². The lowest BCUT2D eigenvalue weighted by atomic mass is 9.95. The molecule has 0 unspecified atom stereocenters. The van der Waals surface area contributed by atoms with Gasteiger partial charge in [-0.25, -0.2) is 14.8 Å². The lowest BCUT2D eigenvalue weighted by Crippen LogP contribution is -2.23. The van der Waals surface area contributed by atoms with Crippen molar-refractivity contribution in [2.75, 3.05) is 12.4 Å². The summed E-state index contributed by atoms with van der Waals surface area (Å²) in [5.41, 5.74) is 3.20. The van der Waals surface area contributed by atoms with Crippen molar-refractivity contribution in [2.45, 2.75) is 65.0 Å². The fraction of sp³-hybridized carbons (Fsp3) is 0.632. The first kappa shape index (κ1) is 17.2. The van der Waals surface area contributed by atoms with E-state index in [2.05, 4.69) is 41.9 Å². The minimum atomic E-state index is 0.435. The van der Waals surface area contributed by atoms with Crippen LogP contribution in [0.1, 0.15) is 57.2 Å². The van der Waals surface area contributed by atoms with E-state index in [-0.39, 0.29) is 0 Å². The van der Waals surface area contributed by atoms with Gasteiger partial charge in [-0.15, -0.1) is 0 Å². The molecule has 0 saturated heterocycles. The van der Waals surface area contributed by atoms with Crippen molar-refractivity contribution in [1.82, 2.24) is 9.38 Å². The molecule has 1 saturated carbocycles. The molecule has 0 atom stereocenters. The number of nitrogens with one attached hydrogen (secondary N) is 1. The van der Waals surface area contributed by atoms with Crippen LogP contribution in [0, 0.1) is 5.92 Å². The predicted molar refractivity (Wildman–Crippen MR) is 96.0 cm³/mol. The number of rotatable bonds is 7. The van der Waals surface area contributed by atoms with Crippen LogP contribution in [0.4, 0.5) is 5.82 Å². The second kappa shape index (κ2) is 7.99. The molecule has 0 amide bonds. The highest BCUT2D eigenvalue weighted by Gasteiger charge is 2.19. The molecule has 1 fully saturated rings. The average molecular weight is 331 g/mol. The first-order valence-electron chi connectivity index (χ1n) is 9.09. The van der Waals surface area contributed by atoms with Crippen molar-refractivity contribution in [3.05, 3.63) is 29.6 Å². The Morgan fingerprint density at radius 2 is 2.08 bits per heavy atom. The minimum absolute atomic E-state index is 0.435. The summed E-state index contributed by atoms with van der Waals surface area (Å²) < 4.78 is 2.18. The number of anilines is 1. The Hall–Kier alpha value is -1.59. The van der Waals surface area contributed by atoms with Crippen LogP contribution in [0.15, 0.2) is 18.3 Å². The maximum atomic E-state index is 5.04. The Kier molecular flexibility index (Phi) is 5.74. The Morgan fingerprint density at radius 3 is 2.79 bits per heavy atom. The maximum absolute atomic E-state index is 5.04. The highest BCUT2D eigenvalue weighted by Crippen LogP contribution is 2.27. The van der Waals surface area contributed by atoms with Gasteiger partial charge in [0.2, 0.25) is 0 Å². The Morgan fingerprint density at radius 1 is 1.29 bits per heavy atom. The van der Waals surface area contributed by atoms with Crippen molar-refractivity contribution in [3.8, 4) is 0 Å². The lowest BCUT2D eigenvalue weighted by molar-refractivity contribution is -0.282. The first-order chi connectivity index (χ1) is 11.7. The number of hydrogen-bond acceptors (Lipinski definition) is 4. The minimum Gasteiger partial charge on any atom is -0.367 e. The van der Waals surface area contributed by atoms with E-state index in [1.54, 1.807) is 0 Å². The van der Waals surface area contributed by atoms with Gasteiger partial charge in [-0.3, -0.25) is 4.40 Å². The van der Waals surface area contributed by atoms with Gasteiger partial charge in [0, 0.05) is 12.2 Å². The van der Waals surface area contributed by atoms with Crippen LogP contribution in [0.3, 0.4) is 0 Å². The molecule has 1 aliphatic rings. The third-order valence-electron chi connectivity index (χ3n) is 4.65. The highest BCUT2D eigenvalue weighted by molar-refractivity contribution is 5.57. The third-order valence-corrected chi connectivity index (χ3v) is 4.65. The fourth-order valence-corrected chi connectivity index (χ4v) is 3.47. The van der Waals surface area contributed by atoms with Crippen LogP contribution in [-0.4, -0.2) is 22.5 Å². The Balaban J connectivity index is 1.90. The number of nitrogens with zero attached hydrogens (tertiary/aromatic N) is 2. The zero-order valence-electron chi connectivity index (χ0n) is 15.0. The van der Waals surface area contributed by atoms with Crippen LogP contribution in [0.25, 0.3) is 5.65 Å². The maximum Gasteiger partial charge on any atom is 0.139 e. The largest absolute Gasteiger partial charge is 0.367 e. The summed E-state index contributed by atoms with van der Waals surface area (Å²) in [4.78, 5) is 14.6. The van der Waals surface area contributed by atoms with Crippen LogP contribution in [0.5, 0.6) is 0 Å². The molecule has 1 aliphatic carbocycles. The monoisotopic (exact) mass is 331 g/mol. The van der Waals surface area contributed by atoms with Crippen molar-refractivity contribution < 1.29 is 9.78 Å². The topological polar surface area (TPSA) is 47.8 Å². The van der Waals surface area contributed by atoms with Gasteiger partial charge < -0.3 is 5.32 Å². The van der Waals surface area contributed by atoms with Gasteiger partial charge in [-0.05, 0) is 42.9 Å². The van der Waals surface area contributed by atoms with Gasteiger partial charge in [-0.1, -0.05) is 33.1 Å². The van der Waals surface area contributed by atoms with E-state index >= 15 is 0 Å². The molecular weight excluding hydrogens is 302 g/mol. The van der Waals surface area contributed by atoms with Crippen molar-refractivity contribution >= 4 is 11.5 Å². The van der Waals surface area contributed by atoms with Crippen LogP contribution >= 0.6 is 0 Å². The van der Waals surface area contributed by atoms with Gasteiger partial charge in [-0.2, -0.15) is 0 Å². The molecule has 3 rings (SSSR count). The summed E-state index contributed by atoms with van der Waals surface area (Å²) in [6, 6.07) is 4.72. The van der Waals surface area contributed by atoms with Gasteiger partial charge >= 0.3 is 0 Å². The molecule has 0 aromatic carbocycles. The smallest absolute Gasteiger partial charge is 0.139 e. The lowest BCUT2D eigenvalue weighted by Gasteiger charge is -2.24. The van der Waals surface area contributed by atoms with E-state index in [9.17, 15) is 0 Å². The summed E-state index contributed by atoms with van der Waals surface area (Å²) in [6.45, 7) is 4.92. The number of fused-ring (bicyclic) bond motifs is 1. The van der Waals surface area contributed by atoms with Crippen molar-refractivity contribution in [2.24, 2.45) is 5.92 Å². The second-order valence-corrected chi connectivity index (χ2v) is 7.18. The molecule has 2 aromatic heterocycles. The fourth-order valence-electron chi connectivity index (χ4n) is 3.47. The number of aromatic nitrogens is 2. The SMILES string of the molecule is COOCc1ccn2c(NC3CCCCC3)c(CC(C)C)nc2c1. The molecule has 0 spiro atoms. The van der Waals surface area contributed by atoms with Gasteiger partial charge in [0.15, 0.2) is 0 Å². The second-order valence-electron chi connectivity index (χ2n) is 7.18. The molecule has 2 aromatic rings. The summed E-state index contributed by atoms with van der Waals surface area (Å²) >= 11 is 0. The zero-order chi connectivity index (χ0) is 16.9. The van der Waals surface area contributed by atoms with Crippen molar-refractivity contribution in [1.29, 1.82) is 0 Å². The van der Waals surface area contributed by atoms with Gasteiger partial charge in [0.25, 0.3) is 0 Å². The summed E-state index contributed by atoms with van der Waals surface area (Å²) in [6.07, 6.45) is 9.61. The standard InChI is InChI=1S/C19H29N3O2/c1-14(2)11-17-19(20-16-7-5-4-6-8-16)22-10-9-15(13-24-23-3)12-18(22)21-17/h9-10,12,14,16,20H,4-8,11,13H2,1-3H3. The van der Waals surface area contributed by atoms with E-state index in [0.717, 1.165) is 17.6 Å². The van der Waals surface area contributed by atoms with E-state index in [1.165, 1.54) is 50.7 Å². The molecule has 0 aliphatic heterocycles. The molecule has 5 heteroatoms. The molecule has 5 nitrogen and oxygen atoms in total. The molecule has 2 heterocycles. The van der Waals surface area contributed by atoms with E-state index < -0.39 is 0 Å². The summed E-state index contributed by atoms with van der Waals surface area (Å²) in [5.74, 6) is 1.75. The quantitative estimate of drug-likeness (QED) is 0.605. The van der Waals surface area contributed by atoms with Gasteiger partial charge in [0.1, 0.15) is 18.1 Å². The highest BCUT2D eigenvalue weighted by atomic mass is 17.2. The molecule has 132 valence electrons. The number of pyridine rings is 1. The van der Waals surface area contributed by atoms with Crippen LogP contribution in [-0.2, 0) is 22.8 Å². The van der Waals surface area contributed by atoms with Crippen molar-refractivity contribution in [3.63, 3.8) is 0 Å². The number of imidazole rings is 1.